The number of aromatic nitrogens is 4. The first-order valence-electron chi connectivity index (χ1n) is 9.27. The van der Waals surface area contributed by atoms with Gasteiger partial charge < -0.3 is 5.32 Å². The highest BCUT2D eigenvalue weighted by Crippen LogP contribution is 2.24. The van der Waals surface area contributed by atoms with Crippen LogP contribution < -0.4 is 10.9 Å². The van der Waals surface area contributed by atoms with E-state index >= 15 is 0 Å². The summed E-state index contributed by atoms with van der Waals surface area (Å²) in [6.07, 6.45) is 0.100. The second-order valence-electron chi connectivity index (χ2n) is 6.72. The van der Waals surface area contributed by atoms with Crippen molar-refractivity contribution in [2.75, 3.05) is 5.32 Å². The highest BCUT2D eigenvalue weighted by atomic mass is 35.5. The number of carbonyl (C=O) groups excluding carboxylic acids is 1. The van der Waals surface area contributed by atoms with Crippen LogP contribution in [0.4, 0.5) is 5.82 Å². The van der Waals surface area contributed by atoms with Gasteiger partial charge in [0.05, 0.1) is 12.1 Å². The van der Waals surface area contributed by atoms with Gasteiger partial charge in [-0.2, -0.15) is 9.78 Å². The number of aryl methyl sites for hydroxylation is 1. The van der Waals surface area contributed by atoms with Crippen molar-refractivity contribution in [3.05, 3.63) is 93.4 Å². The maximum absolute atomic E-state index is 12.7. The molecule has 4 rings (SSSR count). The fraction of sp³-hybridized carbons (Fsp3) is 0.0909. The molecule has 0 radical (unpaired) electrons. The highest BCUT2D eigenvalue weighted by Gasteiger charge is 2.16. The zero-order chi connectivity index (χ0) is 21.1. The molecule has 7 nitrogen and oxygen atoms in total. The van der Waals surface area contributed by atoms with E-state index in [1.54, 1.807) is 25.1 Å². The monoisotopic (exact) mass is 419 g/mol. The Morgan fingerprint density at radius 3 is 2.57 bits per heavy atom. The first-order chi connectivity index (χ1) is 14.5. The van der Waals surface area contributed by atoms with E-state index in [1.807, 2.05) is 42.5 Å². The molecule has 0 unspecified atom stereocenters. The molecule has 30 heavy (non-hydrogen) atoms. The van der Waals surface area contributed by atoms with Gasteiger partial charge in [0.25, 0.3) is 5.56 Å². The maximum atomic E-state index is 12.7. The lowest BCUT2D eigenvalue weighted by Crippen LogP contribution is -2.20. The van der Waals surface area contributed by atoms with E-state index in [1.165, 1.54) is 10.7 Å². The van der Waals surface area contributed by atoms with Crippen LogP contribution in [-0.4, -0.2) is 25.7 Å². The number of halogens is 1. The van der Waals surface area contributed by atoms with Gasteiger partial charge in [-0.3, -0.25) is 14.6 Å². The fourth-order valence-corrected chi connectivity index (χ4v) is 3.25. The third-order valence-electron chi connectivity index (χ3n) is 4.41. The molecule has 2 heterocycles. The van der Waals surface area contributed by atoms with Crippen molar-refractivity contribution in [1.82, 2.24) is 19.7 Å². The van der Waals surface area contributed by atoms with Crippen molar-refractivity contribution in [3.8, 4) is 17.2 Å². The van der Waals surface area contributed by atoms with Crippen molar-refractivity contribution in [1.29, 1.82) is 0 Å². The Kier molecular flexibility index (Phi) is 5.45. The van der Waals surface area contributed by atoms with E-state index in [9.17, 15) is 9.59 Å². The number of hydrogen-bond donors (Lipinski definition) is 2. The smallest absolute Gasteiger partial charge is 0.252 e. The summed E-state index contributed by atoms with van der Waals surface area (Å²) in [6.45, 7) is 1.72. The number of amides is 1. The van der Waals surface area contributed by atoms with Gasteiger partial charge in [0.2, 0.25) is 11.9 Å². The lowest BCUT2D eigenvalue weighted by molar-refractivity contribution is -0.115. The van der Waals surface area contributed by atoms with Gasteiger partial charge in [0.1, 0.15) is 5.82 Å². The maximum Gasteiger partial charge on any atom is 0.252 e. The van der Waals surface area contributed by atoms with E-state index in [2.05, 4.69) is 20.4 Å². The summed E-state index contributed by atoms with van der Waals surface area (Å²) in [5.41, 5.74) is 2.45. The molecule has 2 N–H and O–H groups in total. The number of H-pyrrole nitrogens is 1. The van der Waals surface area contributed by atoms with E-state index < -0.39 is 0 Å². The summed E-state index contributed by atoms with van der Waals surface area (Å²) in [7, 11) is 0. The summed E-state index contributed by atoms with van der Waals surface area (Å²) in [5.74, 6) is 0.341. The third kappa shape index (κ3) is 4.31. The van der Waals surface area contributed by atoms with E-state index in [4.69, 9.17) is 11.6 Å². The molecule has 0 aliphatic rings. The van der Waals surface area contributed by atoms with Gasteiger partial charge in [-0.05, 0) is 18.6 Å². The van der Waals surface area contributed by atoms with Crippen LogP contribution in [0.5, 0.6) is 0 Å². The predicted octanol–water partition coefficient (Wildman–Crippen LogP) is 3.77. The first-order valence-corrected chi connectivity index (χ1v) is 9.64. The summed E-state index contributed by atoms with van der Waals surface area (Å²) in [4.78, 5) is 31.6. The SMILES string of the molecule is Cc1cc(=O)[nH]c(-n2nc(-c3ccccc3)cc2NC(=O)Cc2ccccc2Cl)n1. The molecule has 0 saturated carbocycles. The number of aromatic amines is 1. The summed E-state index contributed by atoms with van der Waals surface area (Å²) in [6, 6.07) is 19.8. The fourth-order valence-electron chi connectivity index (χ4n) is 3.05. The molecule has 0 bridgehead atoms. The molecule has 1 amide bonds. The molecule has 0 saturated heterocycles. The number of benzene rings is 2. The zero-order valence-electron chi connectivity index (χ0n) is 16.1. The summed E-state index contributed by atoms with van der Waals surface area (Å²) in [5, 5.41) is 7.93. The minimum absolute atomic E-state index is 0.100. The van der Waals surface area contributed by atoms with E-state index in [0.29, 0.717) is 27.8 Å². The number of hydrogen-bond acceptors (Lipinski definition) is 4. The Morgan fingerprint density at radius 1 is 1.10 bits per heavy atom. The van der Waals surface area contributed by atoms with Crippen LogP contribution in [0.3, 0.4) is 0 Å². The molecule has 0 atom stereocenters. The normalized spacial score (nSPS) is 10.7. The molecule has 4 aromatic rings. The molecule has 0 aliphatic carbocycles. The molecule has 0 fully saturated rings. The number of carbonyl (C=O) groups is 1. The molecule has 0 aliphatic heterocycles. The van der Waals surface area contributed by atoms with Crippen LogP contribution in [0.15, 0.2) is 71.5 Å². The molecule has 2 aromatic carbocycles. The molecule has 2 aromatic heterocycles. The van der Waals surface area contributed by atoms with Gasteiger partial charge in [-0.1, -0.05) is 60.1 Å². The van der Waals surface area contributed by atoms with Crippen molar-refractivity contribution < 1.29 is 4.79 Å². The van der Waals surface area contributed by atoms with Crippen LogP contribution >= 0.6 is 11.6 Å². The number of anilines is 1. The summed E-state index contributed by atoms with van der Waals surface area (Å²) < 4.78 is 1.42. The topological polar surface area (TPSA) is 92.7 Å². The Hall–Kier alpha value is -3.71. The van der Waals surface area contributed by atoms with Gasteiger partial charge in [0.15, 0.2) is 0 Å². The lowest BCUT2D eigenvalue weighted by atomic mass is 10.1. The average Bonchev–Trinajstić information content (AvgIpc) is 3.13. The van der Waals surface area contributed by atoms with Crippen LogP contribution in [0, 0.1) is 6.92 Å². The molecule has 8 heteroatoms. The lowest BCUT2D eigenvalue weighted by Gasteiger charge is -2.09. The quantitative estimate of drug-likeness (QED) is 0.515. The van der Waals surface area contributed by atoms with Crippen molar-refractivity contribution >= 4 is 23.3 Å². The van der Waals surface area contributed by atoms with Crippen molar-refractivity contribution in [2.45, 2.75) is 13.3 Å². The van der Waals surface area contributed by atoms with E-state index in [-0.39, 0.29) is 23.8 Å². The van der Waals surface area contributed by atoms with Gasteiger partial charge >= 0.3 is 0 Å². The Morgan fingerprint density at radius 2 is 1.83 bits per heavy atom. The number of nitrogens with zero attached hydrogens (tertiary/aromatic N) is 3. The second kappa shape index (κ2) is 8.34. The van der Waals surface area contributed by atoms with E-state index in [0.717, 1.165) is 5.56 Å². The third-order valence-corrected chi connectivity index (χ3v) is 4.78. The molecule has 0 spiro atoms. The second-order valence-corrected chi connectivity index (χ2v) is 7.13. The van der Waals surface area contributed by atoms with Crippen LogP contribution in [-0.2, 0) is 11.2 Å². The Labute approximate surface area is 177 Å². The molecule has 150 valence electrons. The summed E-state index contributed by atoms with van der Waals surface area (Å²) >= 11 is 6.17. The van der Waals surface area contributed by atoms with Crippen LogP contribution in [0.2, 0.25) is 5.02 Å². The number of nitrogens with one attached hydrogen (secondary N) is 2. The Bertz CT molecular complexity index is 1260. The van der Waals surface area contributed by atoms with Crippen molar-refractivity contribution in [2.24, 2.45) is 0 Å². The minimum atomic E-state index is -0.303. The molecular weight excluding hydrogens is 402 g/mol. The largest absolute Gasteiger partial charge is 0.310 e. The van der Waals surface area contributed by atoms with Gasteiger partial charge in [-0.15, -0.1) is 0 Å². The average molecular weight is 420 g/mol. The van der Waals surface area contributed by atoms with Crippen molar-refractivity contribution in [3.63, 3.8) is 0 Å². The zero-order valence-corrected chi connectivity index (χ0v) is 16.8. The number of rotatable bonds is 5. The van der Waals surface area contributed by atoms with Gasteiger partial charge in [0, 0.05) is 28.4 Å². The first kappa shape index (κ1) is 19.6. The molecular formula is C22H18ClN5O2. The van der Waals surface area contributed by atoms with Crippen LogP contribution in [0.25, 0.3) is 17.2 Å². The van der Waals surface area contributed by atoms with Gasteiger partial charge in [-0.25, -0.2) is 4.98 Å². The predicted molar refractivity (Wildman–Crippen MR) is 116 cm³/mol. The Balaban J connectivity index is 1.72. The standard InChI is InChI=1S/C22H18ClN5O2/c1-14-11-20(29)26-22(24-14)28-19(13-18(27-28)15-7-3-2-4-8-15)25-21(30)12-16-9-5-6-10-17(16)23/h2-11,13H,12H2,1H3,(H,25,30)(H,24,26,29). The van der Waals surface area contributed by atoms with Crippen LogP contribution in [0.1, 0.15) is 11.3 Å². The minimum Gasteiger partial charge on any atom is -0.310 e. The highest BCUT2D eigenvalue weighted by molar-refractivity contribution is 6.31.